The van der Waals surface area contributed by atoms with Gasteiger partial charge in [0.1, 0.15) is 23.1 Å². The molecule has 2 unspecified atom stereocenters. The number of rotatable bonds is 8. The van der Waals surface area contributed by atoms with Crippen LogP contribution in [-0.4, -0.2) is 29.0 Å². The summed E-state index contributed by atoms with van der Waals surface area (Å²) in [7, 11) is 0. The molecular weight excluding hydrogens is 484 g/mol. The number of ether oxygens (including phenoxy) is 1. The van der Waals surface area contributed by atoms with Crippen molar-refractivity contribution in [3.8, 4) is 5.75 Å². The van der Waals surface area contributed by atoms with E-state index >= 15 is 0 Å². The number of aromatic nitrogens is 1. The molecule has 0 aliphatic heterocycles. The summed E-state index contributed by atoms with van der Waals surface area (Å²) in [4.78, 5) is 29.9. The van der Waals surface area contributed by atoms with Gasteiger partial charge in [-0.1, -0.05) is 43.5 Å². The third-order valence-corrected chi connectivity index (χ3v) is 7.03. The Morgan fingerprint density at radius 3 is 2.57 bits per heavy atom. The second-order valence-electron chi connectivity index (χ2n) is 8.49. The normalized spacial score (nSPS) is 17.4. The standard InChI is InChI=1S/C26H29ClN4O3S/c1-2-17-6-5-7-19(14-17)28-26(33)31-22-9-4-3-8-21(22)30-25(32)23-16-35-24(29-23)15-34-20-12-10-18(27)11-13-20/h5-7,10-14,16,21-22H,2-4,8-9,15H2,1H3,(H,30,32)(H2,28,31,33). The lowest BCUT2D eigenvalue weighted by atomic mass is 9.90. The summed E-state index contributed by atoms with van der Waals surface area (Å²) in [6.07, 6.45) is 4.52. The molecule has 9 heteroatoms. The Morgan fingerprint density at radius 2 is 1.83 bits per heavy atom. The number of benzene rings is 2. The van der Waals surface area contributed by atoms with Gasteiger partial charge in [0.2, 0.25) is 0 Å². The number of nitrogens with zero attached hydrogens (tertiary/aromatic N) is 1. The highest BCUT2D eigenvalue weighted by Gasteiger charge is 2.28. The van der Waals surface area contributed by atoms with Crippen LogP contribution in [0, 0.1) is 0 Å². The van der Waals surface area contributed by atoms with Crippen LogP contribution in [0.5, 0.6) is 5.75 Å². The number of nitrogens with one attached hydrogen (secondary N) is 3. The van der Waals surface area contributed by atoms with Crippen LogP contribution < -0.4 is 20.7 Å². The number of amides is 3. The largest absolute Gasteiger partial charge is 0.486 e. The maximum atomic E-state index is 12.9. The number of halogens is 1. The molecule has 1 aliphatic rings. The van der Waals surface area contributed by atoms with Gasteiger partial charge in [-0.3, -0.25) is 4.79 Å². The van der Waals surface area contributed by atoms with E-state index in [1.807, 2.05) is 24.3 Å². The zero-order valence-electron chi connectivity index (χ0n) is 19.6. The monoisotopic (exact) mass is 512 g/mol. The minimum atomic E-state index is -0.264. The molecule has 0 bridgehead atoms. The molecule has 2 atom stereocenters. The smallest absolute Gasteiger partial charge is 0.319 e. The second-order valence-corrected chi connectivity index (χ2v) is 9.87. The van der Waals surface area contributed by atoms with Gasteiger partial charge in [-0.15, -0.1) is 11.3 Å². The highest BCUT2D eigenvalue weighted by atomic mass is 35.5. The van der Waals surface area contributed by atoms with Crippen molar-refractivity contribution in [3.63, 3.8) is 0 Å². The van der Waals surface area contributed by atoms with Crippen molar-refractivity contribution in [2.45, 2.75) is 57.7 Å². The lowest BCUT2D eigenvalue weighted by Crippen LogP contribution is -2.54. The van der Waals surface area contributed by atoms with E-state index in [2.05, 4.69) is 27.9 Å². The number of carbonyl (C=O) groups is 2. The number of urea groups is 1. The van der Waals surface area contributed by atoms with Crippen molar-refractivity contribution in [1.29, 1.82) is 0 Å². The van der Waals surface area contributed by atoms with Gasteiger partial charge in [-0.05, 0) is 61.2 Å². The fraction of sp³-hybridized carbons (Fsp3) is 0.346. The van der Waals surface area contributed by atoms with E-state index in [9.17, 15) is 9.59 Å². The van der Waals surface area contributed by atoms with E-state index in [0.29, 0.717) is 21.5 Å². The summed E-state index contributed by atoms with van der Waals surface area (Å²) in [5.74, 6) is 0.445. The first kappa shape index (κ1) is 25.0. The van der Waals surface area contributed by atoms with Crippen molar-refractivity contribution in [2.24, 2.45) is 0 Å². The number of aryl methyl sites for hydroxylation is 1. The Bertz CT molecular complexity index is 1150. The minimum absolute atomic E-state index is 0.145. The first-order chi connectivity index (χ1) is 17.0. The topological polar surface area (TPSA) is 92.4 Å². The van der Waals surface area contributed by atoms with Gasteiger partial charge < -0.3 is 20.7 Å². The lowest BCUT2D eigenvalue weighted by molar-refractivity contribution is 0.0911. The van der Waals surface area contributed by atoms with E-state index in [1.165, 1.54) is 11.3 Å². The number of carbonyl (C=O) groups excluding carboxylic acids is 2. The summed E-state index contributed by atoms with van der Waals surface area (Å²) in [6, 6.07) is 14.3. The Hall–Kier alpha value is -3.10. The van der Waals surface area contributed by atoms with Gasteiger partial charge in [0.25, 0.3) is 5.91 Å². The average Bonchev–Trinajstić information content (AvgIpc) is 3.34. The maximum Gasteiger partial charge on any atom is 0.319 e. The number of anilines is 1. The zero-order chi connectivity index (χ0) is 24.6. The van der Waals surface area contributed by atoms with Crippen molar-refractivity contribution in [3.05, 3.63) is 75.2 Å². The van der Waals surface area contributed by atoms with Gasteiger partial charge in [0.05, 0.1) is 6.04 Å². The van der Waals surface area contributed by atoms with Crippen LogP contribution in [0.15, 0.2) is 53.9 Å². The van der Waals surface area contributed by atoms with Crippen LogP contribution in [-0.2, 0) is 13.0 Å². The number of thiazole rings is 1. The molecule has 3 aromatic rings. The summed E-state index contributed by atoms with van der Waals surface area (Å²) in [5, 5.41) is 12.1. The van der Waals surface area contributed by atoms with Crippen molar-refractivity contribution >= 4 is 40.6 Å². The molecule has 0 radical (unpaired) electrons. The zero-order valence-corrected chi connectivity index (χ0v) is 21.1. The van der Waals surface area contributed by atoms with Crippen LogP contribution in [0.2, 0.25) is 5.02 Å². The minimum Gasteiger partial charge on any atom is -0.486 e. The highest BCUT2D eigenvalue weighted by molar-refractivity contribution is 7.09. The molecule has 1 aromatic heterocycles. The van der Waals surface area contributed by atoms with Crippen LogP contribution in [0.3, 0.4) is 0 Å². The van der Waals surface area contributed by atoms with Crippen molar-refractivity contribution < 1.29 is 14.3 Å². The molecular formula is C26H29ClN4O3S. The Labute approximate surface area is 214 Å². The van der Waals surface area contributed by atoms with E-state index in [4.69, 9.17) is 16.3 Å². The van der Waals surface area contributed by atoms with Gasteiger partial charge in [0.15, 0.2) is 0 Å². The molecule has 4 rings (SSSR count). The number of hydrogen-bond acceptors (Lipinski definition) is 5. The first-order valence-corrected chi connectivity index (χ1v) is 13.1. The summed E-state index contributed by atoms with van der Waals surface area (Å²) >= 11 is 7.27. The van der Waals surface area contributed by atoms with E-state index < -0.39 is 0 Å². The van der Waals surface area contributed by atoms with Gasteiger partial charge in [-0.2, -0.15) is 0 Å². The Morgan fingerprint density at radius 1 is 1.09 bits per heavy atom. The average molecular weight is 513 g/mol. The molecule has 3 amide bonds. The highest BCUT2D eigenvalue weighted by Crippen LogP contribution is 2.21. The Kier molecular flexibility index (Phi) is 8.60. The SMILES string of the molecule is CCc1cccc(NC(=O)NC2CCCCC2NC(=O)c2csc(COc3ccc(Cl)cc3)n2)c1. The Balaban J connectivity index is 1.30. The van der Waals surface area contributed by atoms with Crippen molar-refractivity contribution in [2.75, 3.05) is 5.32 Å². The third-order valence-electron chi connectivity index (χ3n) is 5.95. The predicted molar refractivity (Wildman–Crippen MR) is 139 cm³/mol. The lowest BCUT2D eigenvalue weighted by Gasteiger charge is -2.32. The molecule has 1 saturated carbocycles. The van der Waals surface area contributed by atoms with Gasteiger partial charge in [0, 0.05) is 22.1 Å². The molecule has 0 saturated heterocycles. The van der Waals surface area contributed by atoms with Gasteiger partial charge >= 0.3 is 6.03 Å². The maximum absolute atomic E-state index is 12.9. The molecule has 1 aliphatic carbocycles. The molecule has 3 N–H and O–H groups in total. The summed E-state index contributed by atoms with van der Waals surface area (Å²) in [6.45, 7) is 2.35. The molecule has 1 heterocycles. The molecule has 184 valence electrons. The van der Waals surface area contributed by atoms with E-state index in [0.717, 1.165) is 43.4 Å². The quantitative estimate of drug-likeness (QED) is 0.355. The fourth-order valence-corrected chi connectivity index (χ4v) is 4.89. The van der Waals surface area contributed by atoms with Crippen LogP contribution in [0.1, 0.15) is 53.7 Å². The van der Waals surface area contributed by atoms with Crippen molar-refractivity contribution in [1.82, 2.24) is 15.6 Å². The van der Waals surface area contributed by atoms with Crippen LogP contribution in [0.4, 0.5) is 10.5 Å². The van der Waals surface area contributed by atoms with Gasteiger partial charge in [-0.25, -0.2) is 9.78 Å². The summed E-state index contributed by atoms with van der Waals surface area (Å²) in [5.41, 5.74) is 2.27. The fourth-order valence-electron chi connectivity index (χ4n) is 4.08. The molecule has 35 heavy (non-hydrogen) atoms. The number of hydrogen-bond donors (Lipinski definition) is 3. The van der Waals surface area contributed by atoms with Crippen LogP contribution in [0.25, 0.3) is 0 Å². The predicted octanol–water partition coefficient (Wildman–Crippen LogP) is 5.80. The third kappa shape index (κ3) is 7.19. The van der Waals surface area contributed by atoms with Crippen LogP contribution >= 0.6 is 22.9 Å². The molecule has 0 spiro atoms. The van der Waals surface area contributed by atoms with E-state index in [1.54, 1.807) is 29.6 Å². The first-order valence-electron chi connectivity index (χ1n) is 11.8. The summed E-state index contributed by atoms with van der Waals surface area (Å²) < 4.78 is 5.72. The molecule has 1 fully saturated rings. The second kappa shape index (κ2) is 12.0. The van der Waals surface area contributed by atoms with E-state index in [-0.39, 0.29) is 30.6 Å². The molecule has 7 nitrogen and oxygen atoms in total. The molecule has 2 aromatic carbocycles.